The highest BCUT2D eigenvalue weighted by Crippen LogP contribution is 2.46. The Balaban J connectivity index is 1.90. The Hall–Kier alpha value is -1.63. The van der Waals surface area contributed by atoms with Crippen LogP contribution in [0.15, 0.2) is 23.2 Å². The maximum absolute atomic E-state index is 13.1. The van der Waals surface area contributed by atoms with Crippen LogP contribution in [0.2, 0.25) is 0 Å². The van der Waals surface area contributed by atoms with E-state index in [1.165, 1.54) is 18.4 Å². The predicted octanol–water partition coefficient (Wildman–Crippen LogP) is 2.06. The zero-order valence-corrected chi connectivity index (χ0v) is 16.0. The van der Waals surface area contributed by atoms with Gasteiger partial charge in [0.2, 0.25) is 0 Å². The van der Waals surface area contributed by atoms with Crippen molar-refractivity contribution in [3.05, 3.63) is 35.1 Å². The maximum Gasteiger partial charge on any atom is 0.191 e. The molecule has 1 saturated carbocycles. The molecule has 1 aliphatic carbocycles. The summed E-state index contributed by atoms with van der Waals surface area (Å²) in [5.74, 6) is 0.685. The third-order valence-corrected chi connectivity index (χ3v) is 5.57. The number of aryl methyl sites for hydroxylation is 1. The molecule has 0 radical (unpaired) electrons. The lowest BCUT2D eigenvalue weighted by Crippen LogP contribution is -2.39. The van der Waals surface area contributed by atoms with E-state index in [1.807, 2.05) is 19.9 Å². The molecule has 140 valence electrons. The van der Waals surface area contributed by atoms with Crippen molar-refractivity contribution >= 4 is 15.8 Å². The van der Waals surface area contributed by atoms with Gasteiger partial charge < -0.3 is 10.6 Å². The molecule has 7 heteroatoms. The fraction of sp³-hybridized carbons (Fsp3) is 0.611. The Labute approximate surface area is 150 Å². The van der Waals surface area contributed by atoms with E-state index in [-0.39, 0.29) is 17.0 Å². The normalized spacial score (nSPS) is 16.6. The highest BCUT2D eigenvalue weighted by Gasteiger charge is 2.45. The Kier molecular flexibility index (Phi) is 6.43. The second-order valence-electron chi connectivity index (χ2n) is 7.01. The third-order valence-electron chi connectivity index (χ3n) is 4.43. The molecule has 1 aliphatic rings. The van der Waals surface area contributed by atoms with Gasteiger partial charge in [-0.05, 0) is 56.4 Å². The first-order valence-electron chi connectivity index (χ1n) is 8.68. The number of benzene rings is 1. The summed E-state index contributed by atoms with van der Waals surface area (Å²) in [5.41, 5.74) is 1.86. The number of sulfone groups is 1. The summed E-state index contributed by atoms with van der Waals surface area (Å²) < 4.78 is 36.2. The van der Waals surface area contributed by atoms with Crippen LogP contribution in [0.5, 0.6) is 0 Å². The molecule has 0 heterocycles. The fourth-order valence-electron chi connectivity index (χ4n) is 2.92. The van der Waals surface area contributed by atoms with E-state index < -0.39 is 9.84 Å². The molecule has 25 heavy (non-hydrogen) atoms. The Morgan fingerprint density at radius 2 is 2.04 bits per heavy atom. The lowest BCUT2D eigenvalue weighted by atomic mass is 10.1. The van der Waals surface area contributed by atoms with Crippen LogP contribution in [0.25, 0.3) is 0 Å². The van der Waals surface area contributed by atoms with Gasteiger partial charge in [0.25, 0.3) is 0 Å². The standard InChI is InChI=1S/C18H28FN3O2S/c1-4-20-17(22-12-18(8-9-18)13-25(3,23)24)21-10-7-15-5-6-16(19)11-14(15)2/h5-6,11H,4,7-10,12-13H2,1-3H3,(H2,20,21,22). The van der Waals surface area contributed by atoms with Crippen molar-refractivity contribution in [2.24, 2.45) is 10.4 Å². The molecule has 1 aromatic rings. The van der Waals surface area contributed by atoms with Gasteiger partial charge in [0.1, 0.15) is 15.7 Å². The maximum atomic E-state index is 13.1. The first kappa shape index (κ1) is 19.7. The van der Waals surface area contributed by atoms with Crippen LogP contribution >= 0.6 is 0 Å². The highest BCUT2D eigenvalue weighted by atomic mass is 32.2. The summed E-state index contributed by atoms with van der Waals surface area (Å²) >= 11 is 0. The molecule has 0 bridgehead atoms. The summed E-state index contributed by atoms with van der Waals surface area (Å²) in [6.45, 7) is 5.83. The SMILES string of the molecule is CCNC(=NCC1(CS(C)(=O)=O)CC1)NCCc1ccc(F)cc1C. The van der Waals surface area contributed by atoms with Crippen molar-refractivity contribution in [2.45, 2.75) is 33.1 Å². The van der Waals surface area contributed by atoms with Gasteiger partial charge in [-0.2, -0.15) is 0 Å². The molecule has 0 atom stereocenters. The number of hydrogen-bond donors (Lipinski definition) is 2. The number of rotatable bonds is 8. The van der Waals surface area contributed by atoms with Crippen LogP contribution in [0.1, 0.15) is 30.9 Å². The average Bonchev–Trinajstić information content (AvgIpc) is 3.25. The lowest BCUT2D eigenvalue weighted by molar-refractivity contribution is 0.550. The van der Waals surface area contributed by atoms with Crippen LogP contribution in [-0.4, -0.2) is 46.0 Å². The number of halogens is 1. The van der Waals surface area contributed by atoms with Gasteiger partial charge in [-0.3, -0.25) is 4.99 Å². The van der Waals surface area contributed by atoms with E-state index in [1.54, 1.807) is 0 Å². The minimum atomic E-state index is -2.98. The topological polar surface area (TPSA) is 70.6 Å². The molecule has 0 aliphatic heterocycles. The molecule has 2 rings (SSSR count). The van der Waals surface area contributed by atoms with Crippen molar-refractivity contribution in [1.29, 1.82) is 0 Å². The predicted molar refractivity (Wildman–Crippen MR) is 100 cm³/mol. The largest absolute Gasteiger partial charge is 0.357 e. The molecule has 0 unspecified atom stereocenters. The van der Waals surface area contributed by atoms with Gasteiger partial charge >= 0.3 is 0 Å². The first-order chi connectivity index (χ1) is 11.7. The van der Waals surface area contributed by atoms with Gasteiger partial charge in [0.05, 0.1) is 5.75 Å². The Morgan fingerprint density at radius 1 is 1.32 bits per heavy atom. The second kappa shape index (κ2) is 8.17. The molecule has 5 nitrogen and oxygen atoms in total. The molecule has 1 aromatic carbocycles. The van der Waals surface area contributed by atoms with E-state index in [0.29, 0.717) is 19.0 Å². The fourth-order valence-corrected chi connectivity index (χ4v) is 4.42. The molecule has 0 spiro atoms. The number of aliphatic imine (C=N–C) groups is 1. The summed E-state index contributed by atoms with van der Waals surface area (Å²) in [6, 6.07) is 4.82. The smallest absolute Gasteiger partial charge is 0.191 e. The molecule has 0 aromatic heterocycles. The van der Waals surface area contributed by atoms with Gasteiger partial charge in [0.15, 0.2) is 5.96 Å². The zero-order valence-electron chi connectivity index (χ0n) is 15.2. The van der Waals surface area contributed by atoms with Crippen molar-refractivity contribution in [1.82, 2.24) is 10.6 Å². The van der Waals surface area contributed by atoms with Gasteiger partial charge in [-0.15, -0.1) is 0 Å². The van der Waals surface area contributed by atoms with Crippen LogP contribution in [0.3, 0.4) is 0 Å². The second-order valence-corrected chi connectivity index (χ2v) is 9.15. The molecule has 1 fully saturated rings. The van der Waals surface area contributed by atoms with Crippen LogP contribution < -0.4 is 10.6 Å². The van der Waals surface area contributed by atoms with E-state index >= 15 is 0 Å². The van der Waals surface area contributed by atoms with Crippen LogP contribution in [-0.2, 0) is 16.3 Å². The first-order valence-corrected chi connectivity index (χ1v) is 10.7. The summed E-state index contributed by atoms with van der Waals surface area (Å²) in [5, 5.41) is 6.46. The summed E-state index contributed by atoms with van der Waals surface area (Å²) in [7, 11) is -2.98. The molecule has 0 saturated heterocycles. The van der Waals surface area contributed by atoms with Crippen molar-refractivity contribution < 1.29 is 12.8 Å². The Bertz CT molecular complexity index is 728. The molecular weight excluding hydrogens is 341 g/mol. The summed E-state index contributed by atoms with van der Waals surface area (Å²) in [6.07, 6.45) is 3.88. The number of hydrogen-bond acceptors (Lipinski definition) is 3. The van der Waals surface area contributed by atoms with Crippen molar-refractivity contribution in [2.75, 3.05) is 31.6 Å². The highest BCUT2D eigenvalue weighted by molar-refractivity contribution is 7.90. The van der Waals surface area contributed by atoms with Gasteiger partial charge in [0, 0.05) is 31.3 Å². The minimum absolute atomic E-state index is 0.177. The van der Waals surface area contributed by atoms with Crippen molar-refractivity contribution in [3.8, 4) is 0 Å². The van der Waals surface area contributed by atoms with E-state index in [2.05, 4.69) is 15.6 Å². The Morgan fingerprint density at radius 3 is 2.60 bits per heavy atom. The number of guanidine groups is 1. The number of nitrogens with zero attached hydrogens (tertiary/aromatic N) is 1. The number of nitrogens with one attached hydrogen (secondary N) is 2. The quantitative estimate of drug-likeness (QED) is 0.544. The van der Waals surface area contributed by atoms with Crippen LogP contribution in [0, 0.1) is 18.2 Å². The average molecular weight is 370 g/mol. The van der Waals surface area contributed by atoms with Crippen LogP contribution in [0.4, 0.5) is 4.39 Å². The minimum Gasteiger partial charge on any atom is -0.357 e. The molecular formula is C18H28FN3O2S. The zero-order chi connectivity index (χ0) is 18.5. The molecule has 0 amide bonds. The molecule has 2 N–H and O–H groups in total. The van der Waals surface area contributed by atoms with E-state index in [9.17, 15) is 12.8 Å². The van der Waals surface area contributed by atoms with Crippen molar-refractivity contribution in [3.63, 3.8) is 0 Å². The monoisotopic (exact) mass is 369 g/mol. The summed E-state index contributed by atoms with van der Waals surface area (Å²) in [4.78, 5) is 4.57. The van der Waals surface area contributed by atoms with E-state index in [4.69, 9.17) is 0 Å². The van der Waals surface area contributed by atoms with E-state index in [0.717, 1.165) is 36.9 Å². The van der Waals surface area contributed by atoms with Gasteiger partial charge in [-0.25, -0.2) is 12.8 Å². The van der Waals surface area contributed by atoms with Gasteiger partial charge in [-0.1, -0.05) is 6.07 Å². The third kappa shape index (κ3) is 6.65. The lowest BCUT2D eigenvalue weighted by Gasteiger charge is -2.15.